The topological polar surface area (TPSA) is 79.5 Å². The Kier molecular flexibility index (Phi) is 3.61. The number of oxime groups is 1. The van der Waals surface area contributed by atoms with Crippen LogP contribution in [0, 0.1) is 0 Å². The summed E-state index contributed by atoms with van der Waals surface area (Å²) in [6.45, 7) is 1.68. The van der Waals surface area contributed by atoms with Gasteiger partial charge in [-0.25, -0.2) is 0 Å². The smallest absolute Gasteiger partial charge is 0.258 e. The predicted octanol–water partition coefficient (Wildman–Crippen LogP) is 1.87. The number of nitrogens with one attached hydrogen (secondary N) is 1. The second-order valence-corrected chi connectivity index (χ2v) is 4.12. The lowest BCUT2D eigenvalue weighted by atomic mass is 10.1. The lowest BCUT2D eigenvalue weighted by Gasteiger charge is -2.05. The van der Waals surface area contributed by atoms with E-state index in [0.717, 1.165) is 5.56 Å². The van der Waals surface area contributed by atoms with Gasteiger partial charge in [-0.2, -0.15) is 5.10 Å². The van der Waals surface area contributed by atoms with Crippen molar-refractivity contribution in [2.75, 3.05) is 5.32 Å². The number of aryl methyl sites for hydroxylation is 1. The number of amides is 1. The maximum atomic E-state index is 11.9. The number of hydrogen-bond acceptors (Lipinski definition) is 4. The van der Waals surface area contributed by atoms with Gasteiger partial charge in [0, 0.05) is 24.5 Å². The molecule has 0 radical (unpaired) electrons. The second kappa shape index (κ2) is 5.34. The van der Waals surface area contributed by atoms with Crippen LogP contribution in [0.1, 0.15) is 22.8 Å². The van der Waals surface area contributed by atoms with Crippen LogP contribution in [0.3, 0.4) is 0 Å². The van der Waals surface area contributed by atoms with E-state index in [0.29, 0.717) is 17.0 Å². The number of carbonyl (C=O) groups excluding carboxylic acids is 1. The van der Waals surface area contributed by atoms with Gasteiger partial charge < -0.3 is 10.5 Å². The number of hydrogen-bond donors (Lipinski definition) is 2. The van der Waals surface area contributed by atoms with Gasteiger partial charge in [-0.1, -0.05) is 17.3 Å². The number of carbonyl (C=O) groups is 1. The van der Waals surface area contributed by atoms with E-state index in [1.54, 1.807) is 49.1 Å². The van der Waals surface area contributed by atoms with Crippen molar-refractivity contribution in [1.82, 2.24) is 9.78 Å². The van der Waals surface area contributed by atoms with Gasteiger partial charge in [0.2, 0.25) is 0 Å². The Balaban J connectivity index is 2.17. The second-order valence-electron chi connectivity index (χ2n) is 4.12. The van der Waals surface area contributed by atoms with Crippen molar-refractivity contribution in [3.63, 3.8) is 0 Å². The largest absolute Gasteiger partial charge is 0.411 e. The number of benzene rings is 1. The van der Waals surface area contributed by atoms with Crippen LogP contribution in [-0.4, -0.2) is 26.6 Å². The van der Waals surface area contributed by atoms with Gasteiger partial charge in [-0.3, -0.25) is 9.48 Å². The van der Waals surface area contributed by atoms with Crippen molar-refractivity contribution >= 4 is 17.3 Å². The third kappa shape index (κ3) is 2.98. The summed E-state index contributed by atoms with van der Waals surface area (Å²) in [4.78, 5) is 11.9. The van der Waals surface area contributed by atoms with Gasteiger partial charge in [0.15, 0.2) is 0 Å². The zero-order valence-corrected chi connectivity index (χ0v) is 10.7. The quantitative estimate of drug-likeness (QED) is 0.501. The molecule has 0 fully saturated rings. The molecule has 0 spiro atoms. The molecule has 1 aromatic heterocycles. The van der Waals surface area contributed by atoms with E-state index in [2.05, 4.69) is 15.6 Å². The predicted molar refractivity (Wildman–Crippen MR) is 71.6 cm³/mol. The lowest BCUT2D eigenvalue weighted by molar-refractivity contribution is 0.102. The summed E-state index contributed by atoms with van der Waals surface area (Å²) >= 11 is 0. The van der Waals surface area contributed by atoms with Gasteiger partial charge >= 0.3 is 0 Å². The van der Waals surface area contributed by atoms with Gasteiger partial charge in [0.1, 0.15) is 0 Å². The molecule has 0 atom stereocenters. The summed E-state index contributed by atoms with van der Waals surface area (Å²) in [5.41, 5.74) is 2.35. The summed E-state index contributed by atoms with van der Waals surface area (Å²) in [7, 11) is 1.75. The summed E-state index contributed by atoms with van der Waals surface area (Å²) in [6, 6.07) is 7.09. The van der Waals surface area contributed by atoms with E-state index in [1.807, 2.05) is 0 Å². The Bertz CT molecular complexity index is 631. The Morgan fingerprint density at radius 1 is 1.42 bits per heavy atom. The van der Waals surface area contributed by atoms with Crippen molar-refractivity contribution in [1.29, 1.82) is 0 Å². The molecule has 0 unspecified atom stereocenters. The number of rotatable bonds is 3. The molecule has 2 aromatic rings. The van der Waals surface area contributed by atoms with Gasteiger partial charge in [0.05, 0.1) is 17.5 Å². The first-order valence-electron chi connectivity index (χ1n) is 5.69. The van der Waals surface area contributed by atoms with Crippen LogP contribution in [0.15, 0.2) is 41.8 Å². The minimum absolute atomic E-state index is 0.233. The fourth-order valence-corrected chi connectivity index (χ4v) is 1.62. The minimum atomic E-state index is -0.233. The third-order valence-electron chi connectivity index (χ3n) is 2.66. The van der Waals surface area contributed by atoms with Crippen molar-refractivity contribution in [2.24, 2.45) is 12.2 Å². The van der Waals surface area contributed by atoms with E-state index in [-0.39, 0.29) is 5.91 Å². The molecule has 0 saturated carbocycles. The molecule has 2 rings (SSSR count). The van der Waals surface area contributed by atoms with E-state index in [4.69, 9.17) is 5.21 Å². The van der Waals surface area contributed by atoms with Crippen LogP contribution in [0.2, 0.25) is 0 Å². The molecule has 6 nitrogen and oxygen atoms in total. The van der Waals surface area contributed by atoms with Crippen LogP contribution in [0.4, 0.5) is 5.69 Å². The van der Waals surface area contributed by atoms with Crippen molar-refractivity contribution < 1.29 is 10.0 Å². The first-order chi connectivity index (χ1) is 9.10. The Labute approximate surface area is 110 Å². The highest BCUT2D eigenvalue weighted by atomic mass is 16.4. The summed E-state index contributed by atoms with van der Waals surface area (Å²) < 4.78 is 1.56. The van der Waals surface area contributed by atoms with Crippen LogP contribution >= 0.6 is 0 Å². The zero-order chi connectivity index (χ0) is 13.8. The SMILES string of the molecule is C/C(=N\O)c1cccc(NC(=O)c2cnn(C)c2)c1. The Morgan fingerprint density at radius 2 is 2.21 bits per heavy atom. The standard InChI is InChI=1S/C13H14N4O2/c1-9(16-19)10-4-3-5-12(6-10)15-13(18)11-7-14-17(2)8-11/h3-8,19H,1-2H3,(H,15,18)/b16-9+. The zero-order valence-electron chi connectivity index (χ0n) is 10.7. The average molecular weight is 258 g/mol. The first-order valence-corrected chi connectivity index (χ1v) is 5.69. The van der Waals surface area contributed by atoms with Gasteiger partial charge in [-0.15, -0.1) is 0 Å². The molecular weight excluding hydrogens is 244 g/mol. The van der Waals surface area contributed by atoms with Crippen molar-refractivity contribution in [3.8, 4) is 0 Å². The molecule has 0 bridgehead atoms. The van der Waals surface area contributed by atoms with Crippen molar-refractivity contribution in [3.05, 3.63) is 47.8 Å². The molecule has 19 heavy (non-hydrogen) atoms. The highest BCUT2D eigenvalue weighted by Crippen LogP contribution is 2.13. The van der Waals surface area contributed by atoms with Gasteiger partial charge in [-0.05, 0) is 19.1 Å². The molecule has 98 valence electrons. The van der Waals surface area contributed by atoms with E-state index in [9.17, 15) is 4.79 Å². The summed E-state index contributed by atoms with van der Waals surface area (Å²) in [5, 5.41) is 18.6. The number of nitrogens with zero attached hydrogens (tertiary/aromatic N) is 3. The molecule has 6 heteroatoms. The molecule has 0 aliphatic heterocycles. The first kappa shape index (κ1) is 12.8. The average Bonchev–Trinajstić information content (AvgIpc) is 2.85. The Morgan fingerprint density at radius 3 is 2.84 bits per heavy atom. The van der Waals surface area contributed by atoms with E-state index >= 15 is 0 Å². The Hall–Kier alpha value is -2.63. The van der Waals surface area contributed by atoms with E-state index < -0.39 is 0 Å². The monoisotopic (exact) mass is 258 g/mol. The van der Waals surface area contributed by atoms with Crippen LogP contribution < -0.4 is 5.32 Å². The molecule has 1 amide bonds. The number of anilines is 1. The third-order valence-corrected chi connectivity index (χ3v) is 2.66. The molecule has 0 saturated heterocycles. The summed E-state index contributed by atoms with van der Waals surface area (Å²) in [5.74, 6) is -0.233. The fourth-order valence-electron chi connectivity index (χ4n) is 1.62. The maximum absolute atomic E-state index is 11.9. The van der Waals surface area contributed by atoms with Crippen LogP contribution in [-0.2, 0) is 7.05 Å². The summed E-state index contributed by atoms with van der Waals surface area (Å²) in [6.07, 6.45) is 3.14. The molecule has 0 aliphatic rings. The molecule has 2 N–H and O–H groups in total. The van der Waals surface area contributed by atoms with E-state index in [1.165, 1.54) is 6.20 Å². The molecule has 0 aliphatic carbocycles. The highest BCUT2D eigenvalue weighted by Gasteiger charge is 2.08. The van der Waals surface area contributed by atoms with Gasteiger partial charge in [0.25, 0.3) is 5.91 Å². The highest BCUT2D eigenvalue weighted by molar-refractivity contribution is 6.05. The molecular formula is C13H14N4O2. The van der Waals surface area contributed by atoms with Crippen molar-refractivity contribution in [2.45, 2.75) is 6.92 Å². The number of aromatic nitrogens is 2. The van der Waals surface area contributed by atoms with Crippen LogP contribution in [0.25, 0.3) is 0 Å². The molecule has 1 heterocycles. The molecule has 1 aromatic carbocycles. The normalized spacial score (nSPS) is 11.4. The fraction of sp³-hybridized carbons (Fsp3) is 0.154. The lowest BCUT2D eigenvalue weighted by Crippen LogP contribution is -2.11. The van der Waals surface area contributed by atoms with Crippen LogP contribution in [0.5, 0.6) is 0 Å². The maximum Gasteiger partial charge on any atom is 0.258 e. The minimum Gasteiger partial charge on any atom is -0.411 e.